The minimum atomic E-state index is -0.369. The third-order valence-electron chi connectivity index (χ3n) is 3.53. The summed E-state index contributed by atoms with van der Waals surface area (Å²) >= 11 is 0. The number of hydrogen-bond acceptors (Lipinski definition) is 2. The largest absolute Gasteiger partial charge is 0.454 e. The molecule has 0 saturated carbocycles. The number of para-hydroxylation sites is 1. The molecule has 0 atom stereocenters. The fourth-order valence-corrected chi connectivity index (χ4v) is 2.34. The van der Waals surface area contributed by atoms with Crippen LogP contribution >= 0.6 is 0 Å². The second kappa shape index (κ2) is 6.17. The van der Waals surface area contributed by atoms with Crippen LogP contribution in [0.5, 0.6) is 11.5 Å². The zero-order chi connectivity index (χ0) is 15.6. The van der Waals surface area contributed by atoms with E-state index in [9.17, 15) is 4.39 Å². The van der Waals surface area contributed by atoms with E-state index in [0.717, 1.165) is 16.8 Å². The quantitative estimate of drug-likeness (QED) is 0.759. The van der Waals surface area contributed by atoms with Crippen LogP contribution in [0, 0.1) is 5.82 Å². The van der Waals surface area contributed by atoms with Crippen molar-refractivity contribution in [1.29, 1.82) is 0 Å². The Kier molecular flexibility index (Phi) is 4.51. The van der Waals surface area contributed by atoms with E-state index in [1.807, 2.05) is 12.1 Å². The van der Waals surface area contributed by atoms with Crippen molar-refractivity contribution in [3.05, 3.63) is 53.3 Å². The van der Waals surface area contributed by atoms with Gasteiger partial charge in [0.2, 0.25) is 0 Å². The molecule has 0 spiro atoms. The zero-order valence-corrected chi connectivity index (χ0v) is 13.0. The minimum absolute atomic E-state index is 0.228. The van der Waals surface area contributed by atoms with Crippen LogP contribution in [0.25, 0.3) is 0 Å². The van der Waals surface area contributed by atoms with Gasteiger partial charge in [0.15, 0.2) is 11.6 Å². The molecule has 2 aromatic carbocycles. The average molecular weight is 287 g/mol. The van der Waals surface area contributed by atoms with Crippen LogP contribution in [0.4, 0.5) is 10.1 Å². The fourth-order valence-electron chi connectivity index (χ4n) is 2.34. The Morgan fingerprint density at radius 2 is 1.48 bits per heavy atom. The molecule has 0 saturated heterocycles. The van der Waals surface area contributed by atoms with Crippen LogP contribution < -0.4 is 10.5 Å². The van der Waals surface area contributed by atoms with E-state index in [1.54, 1.807) is 18.2 Å². The maximum Gasteiger partial charge on any atom is 0.165 e. The van der Waals surface area contributed by atoms with E-state index >= 15 is 0 Å². The molecule has 2 aromatic rings. The monoisotopic (exact) mass is 287 g/mol. The molecule has 3 heteroatoms. The van der Waals surface area contributed by atoms with Crippen LogP contribution in [-0.4, -0.2) is 0 Å². The lowest BCUT2D eigenvalue weighted by Gasteiger charge is -2.19. The van der Waals surface area contributed by atoms with E-state index in [2.05, 4.69) is 27.7 Å². The summed E-state index contributed by atoms with van der Waals surface area (Å²) in [7, 11) is 0. The first-order valence-electron chi connectivity index (χ1n) is 7.25. The molecule has 0 heterocycles. The van der Waals surface area contributed by atoms with Crippen molar-refractivity contribution in [2.45, 2.75) is 39.5 Å². The predicted octanol–water partition coefficient (Wildman–Crippen LogP) is 5.45. The zero-order valence-electron chi connectivity index (χ0n) is 13.0. The van der Waals surface area contributed by atoms with Crippen molar-refractivity contribution >= 4 is 5.69 Å². The normalized spacial score (nSPS) is 11.2. The minimum Gasteiger partial charge on any atom is -0.454 e. The van der Waals surface area contributed by atoms with E-state index in [-0.39, 0.29) is 23.4 Å². The van der Waals surface area contributed by atoms with Gasteiger partial charge in [0.25, 0.3) is 0 Å². The van der Waals surface area contributed by atoms with Gasteiger partial charge in [0, 0.05) is 5.69 Å². The smallest absolute Gasteiger partial charge is 0.165 e. The maximum atomic E-state index is 13.7. The van der Waals surface area contributed by atoms with Crippen molar-refractivity contribution in [3.63, 3.8) is 0 Å². The number of ether oxygens (including phenoxy) is 1. The van der Waals surface area contributed by atoms with Gasteiger partial charge in [-0.25, -0.2) is 4.39 Å². The highest BCUT2D eigenvalue weighted by molar-refractivity contribution is 5.60. The molecular formula is C18H22FNO. The first kappa shape index (κ1) is 15.4. The van der Waals surface area contributed by atoms with Crippen LogP contribution in [0.1, 0.15) is 50.7 Å². The van der Waals surface area contributed by atoms with Gasteiger partial charge in [-0.15, -0.1) is 0 Å². The predicted molar refractivity (Wildman–Crippen MR) is 85.5 cm³/mol. The molecule has 0 amide bonds. The molecule has 2 rings (SSSR count). The van der Waals surface area contributed by atoms with Crippen LogP contribution in [0.3, 0.4) is 0 Å². The van der Waals surface area contributed by atoms with Crippen molar-refractivity contribution < 1.29 is 9.13 Å². The third-order valence-corrected chi connectivity index (χ3v) is 3.53. The van der Waals surface area contributed by atoms with Gasteiger partial charge >= 0.3 is 0 Å². The summed E-state index contributed by atoms with van der Waals surface area (Å²) in [5, 5.41) is 0. The first-order valence-corrected chi connectivity index (χ1v) is 7.25. The van der Waals surface area contributed by atoms with Crippen molar-refractivity contribution in [3.8, 4) is 11.5 Å². The van der Waals surface area contributed by atoms with Gasteiger partial charge in [-0.2, -0.15) is 0 Å². The van der Waals surface area contributed by atoms with Gasteiger partial charge in [-0.05, 0) is 47.2 Å². The molecule has 0 bridgehead atoms. The number of hydrogen-bond donors (Lipinski definition) is 1. The highest BCUT2D eigenvalue weighted by Crippen LogP contribution is 2.36. The molecule has 2 nitrogen and oxygen atoms in total. The first-order chi connectivity index (χ1) is 9.90. The summed E-state index contributed by atoms with van der Waals surface area (Å²) in [5.74, 6) is 1.05. The molecule has 2 N–H and O–H groups in total. The van der Waals surface area contributed by atoms with Gasteiger partial charge < -0.3 is 10.5 Å². The van der Waals surface area contributed by atoms with Crippen LogP contribution in [0.2, 0.25) is 0 Å². The van der Waals surface area contributed by atoms with Crippen molar-refractivity contribution in [2.24, 2.45) is 0 Å². The number of rotatable bonds is 4. The standard InChI is InChI=1S/C18H22FNO/c1-11(2)14-9-13(10-15(12(3)4)18(14)20)21-17-8-6-5-7-16(17)19/h5-12H,20H2,1-4H3. The molecule has 0 aliphatic rings. The highest BCUT2D eigenvalue weighted by Gasteiger charge is 2.15. The van der Waals surface area contributed by atoms with Crippen molar-refractivity contribution in [2.75, 3.05) is 5.73 Å². The number of nitrogens with two attached hydrogens (primary N) is 1. The Morgan fingerprint density at radius 3 is 1.95 bits per heavy atom. The summed E-state index contributed by atoms with van der Waals surface area (Å²) in [4.78, 5) is 0. The van der Waals surface area contributed by atoms with Gasteiger partial charge in [0.05, 0.1) is 0 Å². The Bertz CT molecular complexity index is 606. The maximum absolute atomic E-state index is 13.7. The van der Waals surface area contributed by atoms with E-state index < -0.39 is 0 Å². The SMILES string of the molecule is CC(C)c1cc(Oc2ccccc2F)cc(C(C)C)c1N. The summed E-state index contributed by atoms with van der Waals surface area (Å²) in [6.07, 6.45) is 0. The summed E-state index contributed by atoms with van der Waals surface area (Å²) in [6, 6.07) is 10.2. The lowest BCUT2D eigenvalue weighted by molar-refractivity contribution is 0.441. The second-order valence-corrected chi connectivity index (χ2v) is 5.86. The molecule has 0 fully saturated rings. The summed E-state index contributed by atoms with van der Waals surface area (Å²) in [6.45, 7) is 8.34. The van der Waals surface area contributed by atoms with Crippen LogP contribution in [-0.2, 0) is 0 Å². The number of halogens is 1. The van der Waals surface area contributed by atoms with Crippen LogP contribution in [0.15, 0.2) is 36.4 Å². The Hall–Kier alpha value is -2.03. The topological polar surface area (TPSA) is 35.2 Å². The lowest BCUT2D eigenvalue weighted by atomic mass is 9.92. The second-order valence-electron chi connectivity index (χ2n) is 5.86. The third kappa shape index (κ3) is 3.35. The molecular weight excluding hydrogens is 265 g/mol. The molecule has 21 heavy (non-hydrogen) atoms. The lowest BCUT2D eigenvalue weighted by Crippen LogP contribution is -2.04. The molecule has 0 aliphatic carbocycles. The molecule has 112 valence electrons. The van der Waals surface area contributed by atoms with E-state index in [0.29, 0.717) is 5.75 Å². The highest BCUT2D eigenvalue weighted by atomic mass is 19.1. The fraction of sp³-hybridized carbons (Fsp3) is 0.333. The Labute approximate surface area is 125 Å². The molecule has 0 unspecified atom stereocenters. The molecule has 0 radical (unpaired) electrons. The number of nitrogen functional groups attached to an aromatic ring is 1. The summed E-state index contributed by atoms with van der Waals surface area (Å²) < 4.78 is 19.4. The van der Waals surface area contributed by atoms with Gasteiger partial charge in [-0.1, -0.05) is 39.8 Å². The Balaban J connectivity index is 2.47. The molecule has 0 aliphatic heterocycles. The van der Waals surface area contributed by atoms with Gasteiger partial charge in [-0.3, -0.25) is 0 Å². The van der Waals surface area contributed by atoms with Crippen molar-refractivity contribution in [1.82, 2.24) is 0 Å². The van der Waals surface area contributed by atoms with Gasteiger partial charge in [0.1, 0.15) is 5.75 Å². The Morgan fingerprint density at radius 1 is 0.952 bits per heavy atom. The summed E-state index contributed by atoms with van der Waals surface area (Å²) in [5.41, 5.74) is 9.12. The van der Waals surface area contributed by atoms with E-state index in [1.165, 1.54) is 6.07 Å². The van der Waals surface area contributed by atoms with E-state index in [4.69, 9.17) is 10.5 Å². The number of anilines is 1. The average Bonchev–Trinajstić information content (AvgIpc) is 2.42. The molecule has 0 aromatic heterocycles. The number of benzene rings is 2.